The SMILES string of the molecule is Cc1ccc(N(c2ccccc2)c2ccccc2)cn1. The molecule has 0 saturated carbocycles. The third-order valence-electron chi connectivity index (χ3n) is 3.18. The van der Waals surface area contributed by atoms with Crippen LogP contribution in [0, 0.1) is 6.92 Å². The molecule has 2 nitrogen and oxygen atoms in total. The Balaban J connectivity index is 2.11. The zero-order chi connectivity index (χ0) is 13.8. The Morgan fingerprint density at radius 3 is 1.65 bits per heavy atom. The van der Waals surface area contributed by atoms with Gasteiger partial charge in [-0.15, -0.1) is 0 Å². The van der Waals surface area contributed by atoms with Crippen molar-refractivity contribution in [3.05, 3.63) is 84.7 Å². The van der Waals surface area contributed by atoms with Crippen molar-refractivity contribution in [2.24, 2.45) is 0 Å². The predicted octanol–water partition coefficient (Wildman–Crippen LogP) is 4.86. The monoisotopic (exact) mass is 260 g/mol. The third kappa shape index (κ3) is 2.54. The number of aromatic nitrogens is 1. The molecule has 0 aliphatic carbocycles. The summed E-state index contributed by atoms with van der Waals surface area (Å²) in [6, 6.07) is 24.8. The lowest BCUT2D eigenvalue weighted by Gasteiger charge is -2.24. The molecule has 20 heavy (non-hydrogen) atoms. The molecule has 1 aromatic heterocycles. The van der Waals surface area contributed by atoms with E-state index in [-0.39, 0.29) is 0 Å². The van der Waals surface area contributed by atoms with Crippen LogP contribution in [-0.4, -0.2) is 4.98 Å². The number of aryl methyl sites for hydroxylation is 1. The summed E-state index contributed by atoms with van der Waals surface area (Å²) in [5, 5.41) is 0. The molecule has 98 valence electrons. The molecule has 0 atom stereocenters. The molecule has 0 fully saturated rings. The van der Waals surface area contributed by atoms with Gasteiger partial charge in [0, 0.05) is 17.1 Å². The van der Waals surface area contributed by atoms with Crippen molar-refractivity contribution in [1.29, 1.82) is 0 Å². The highest BCUT2D eigenvalue weighted by molar-refractivity contribution is 5.75. The zero-order valence-electron chi connectivity index (χ0n) is 11.4. The fourth-order valence-corrected chi connectivity index (χ4v) is 2.19. The second-order valence-corrected chi connectivity index (χ2v) is 4.66. The average molecular weight is 260 g/mol. The van der Waals surface area contributed by atoms with Crippen LogP contribution in [0.4, 0.5) is 17.1 Å². The Kier molecular flexibility index (Phi) is 3.46. The third-order valence-corrected chi connectivity index (χ3v) is 3.18. The number of anilines is 3. The summed E-state index contributed by atoms with van der Waals surface area (Å²) in [7, 11) is 0. The van der Waals surface area contributed by atoms with Crippen LogP contribution >= 0.6 is 0 Å². The number of rotatable bonds is 3. The molecule has 2 heteroatoms. The van der Waals surface area contributed by atoms with Gasteiger partial charge in [-0.05, 0) is 43.3 Å². The lowest BCUT2D eigenvalue weighted by molar-refractivity contribution is 1.17. The number of pyridine rings is 1. The van der Waals surface area contributed by atoms with E-state index in [9.17, 15) is 0 Å². The fourth-order valence-electron chi connectivity index (χ4n) is 2.19. The van der Waals surface area contributed by atoms with Gasteiger partial charge in [0.05, 0.1) is 11.9 Å². The summed E-state index contributed by atoms with van der Waals surface area (Å²) in [5.41, 5.74) is 4.34. The summed E-state index contributed by atoms with van der Waals surface area (Å²) in [5.74, 6) is 0. The van der Waals surface area contributed by atoms with E-state index in [0.717, 1.165) is 22.8 Å². The van der Waals surface area contributed by atoms with E-state index in [2.05, 4.69) is 40.2 Å². The highest BCUT2D eigenvalue weighted by Gasteiger charge is 2.11. The number of nitrogens with zero attached hydrogens (tertiary/aromatic N) is 2. The Morgan fingerprint density at radius 1 is 0.650 bits per heavy atom. The van der Waals surface area contributed by atoms with Crippen LogP contribution in [0.5, 0.6) is 0 Å². The first-order valence-corrected chi connectivity index (χ1v) is 6.67. The van der Waals surface area contributed by atoms with E-state index in [1.165, 1.54) is 0 Å². The van der Waals surface area contributed by atoms with Crippen molar-refractivity contribution >= 4 is 17.1 Å². The first-order valence-electron chi connectivity index (χ1n) is 6.67. The quantitative estimate of drug-likeness (QED) is 0.668. The lowest BCUT2D eigenvalue weighted by Crippen LogP contribution is -2.09. The molecule has 0 bridgehead atoms. The van der Waals surface area contributed by atoms with Gasteiger partial charge >= 0.3 is 0 Å². The molecule has 3 aromatic rings. The summed E-state index contributed by atoms with van der Waals surface area (Å²) < 4.78 is 0. The Labute approximate surface area is 119 Å². The van der Waals surface area contributed by atoms with E-state index in [0.29, 0.717) is 0 Å². The van der Waals surface area contributed by atoms with Crippen molar-refractivity contribution in [3.8, 4) is 0 Å². The van der Waals surface area contributed by atoms with Crippen LogP contribution in [0.3, 0.4) is 0 Å². The summed E-state index contributed by atoms with van der Waals surface area (Å²) in [6.07, 6.45) is 1.91. The highest BCUT2D eigenvalue weighted by Crippen LogP contribution is 2.33. The van der Waals surface area contributed by atoms with Crippen molar-refractivity contribution in [2.75, 3.05) is 4.90 Å². The van der Waals surface area contributed by atoms with E-state index >= 15 is 0 Å². The van der Waals surface area contributed by atoms with E-state index in [1.807, 2.05) is 55.6 Å². The first kappa shape index (κ1) is 12.4. The molecule has 0 saturated heterocycles. The zero-order valence-corrected chi connectivity index (χ0v) is 11.4. The van der Waals surface area contributed by atoms with Gasteiger partial charge in [0.15, 0.2) is 0 Å². The van der Waals surface area contributed by atoms with Crippen molar-refractivity contribution in [2.45, 2.75) is 6.92 Å². The normalized spacial score (nSPS) is 10.2. The molecular formula is C18H16N2. The summed E-state index contributed by atoms with van der Waals surface area (Å²) >= 11 is 0. The van der Waals surface area contributed by atoms with Crippen LogP contribution in [0.15, 0.2) is 79.0 Å². The minimum absolute atomic E-state index is 1.02. The van der Waals surface area contributed by atoms with Gasteiger partial charge in [-0.3, -0.25) is 4.98 Å². The molecule has 0 amide bonds. The second-order valence-electron chi connectivity index (χ2n) is 4.66. The van der Waals surface area contributed by atoms with Gasteiger partial charge in [0.2, 0.25) is 0 Å². The minimum Gasteiger partial charge on any atom is -0.309 e. The van der Waals surface area contributed by atoms with Crippen LogP contribution in [0.1, 0.15) is 5.69 Å². The first-order chi connectivity index (χ1) is 9.84. The van der Waals surface area contributed by atoms with Gasteiger partial charge in [-0.1, -0.05) is 36.4 Å². The Bertz CT molecular complexity index is 621. The predicted molar refractivity (Wildman–Crippen MR) is 83.7 cm³/mol. The van der Waals surface area contributed by atoms with Gasteiger partial charge in [0.25, 0.3) is 0 Å². The van der Waals surface area contributed by atoms with Crippen LogP contribution in [0.2, 0.25) is 0 Å². The molecule has 0 aliphatic heterocycles. The molecule has 0 N–H and O–H groups in total. The minimum atomic E-state index is 1.02. The number of hydrogen-bond donors (Lipinski definition) is 0. The summed E-state index contributed by atoms with van der Waals surface area (Å²) in [6.45, 7) is 2.00. The lowest BCUT2D eigenvalue weighted by atomic mass is 10.2. The van der Waals surface area contributed by atoms with Gasteiger partial charge in [-0.2, -0.15) is 0 Å². The smallest absolute Gasteiger partial charge is 0.0645 e. The standard InChI is InChI=1S/C18H16N2/c1-15-12-13-18(14-19-15)20(16-8-4-2-5-9-16)17-10-6-3-7-11-17/h2-14H,1H3. The van der Waals surface area contributed by atoms with Crippen molar-refractivity contribution in [1.82, 2.24) is 4.98 Å². The maximum Gasteiger partial charge on any atom is 0.0645 e. The topological polar surface area (TPSA) is 16.1 Å². The molecule has 0 unspecified atom stereocenters. The van der Waals surface area contributed by atoms with Gasteiger partial charge in [0.1, 0.15) is 0 Å². The average Bonchev–Trinajstić information content (AvgIpc) is 2.52. The number of hydrogen-bond acceptors (Lipinski definition) is 2. The molecule has 0 radical (unpaired) electrons. The molecular weight excluding hydrogens is 244 g/mol. The van der Waals surface area contributed by atoms with Crippen molar-refractivity contribution < 1.29 is 0 Å². The van der Waals surface area contributed by atoms with Crippen LogP contribution in [0.25, 0.3) is 0 Å². The second kappa shape index (κ2) is 5.57. The Hall–Kier alpha value is -2.61. The van der Waals surface area contributed by atoms with Gasteiger partial charge in [-0.25, -0.2) is 0 Å². The van der Waals surface area contributed by atoms with E-state index in [1.54, 1.807) is 0 Å². The highest BCUT2D eigenvalue weighted by atomic mass is 15.1. The van der Waals surface area contributed by atoms with Crippen LogP contribution in [-0.2, 0) is 0 Å². The number of para-hydroxylation sites is 2. The fraction of sp³-hybridized carbons (Fsp3) is 0.0556. The van der Waals surface area contributed by atoms with E-state index < -0.39 is 0 Å². The Morgan fingerprint density at radius 2 is 1.20 bits per heavy atom. The maximum absolute atomic E-state index is 4.41. The number of benzene rings is 2. The van der Waals surface area contributed by atoms with Crippen LogP contribution < -0.4 is 4.90 Å². The molecule has 0 spiro atoms. The molecule has 3 rings (SSSR count). The largest absolute Gasteiger partial charge is 0.309 e. The molecule has 1 heterocycles. The molecule has 0 aliphatic rings. The maximum atomic E-state index is 4.41. The molecule has 2 aromatic carbocycles. The van der Waals surface area contributed by atoms with Gasteiger partial charge < -0.3 is 4.90 Å². The summed E-state index contributed by atoms with van der Waals surface area (Å²) in [4.78, 5) is 6.61. The van der Waals surface area contributed by atoms with Crippen molar-refractivity contribution in [3.63, 3.8) is 0 Å². The van der Waals surface area contributed by atoms with E-state index in [4.69, 9.17) is 0 Å².